The molecule has 1 nitrogen and oxygen atoms in total. The van der Waals surface area contributed by atoms with Crippen LogP contribution in [0.4, 0.5) is 0 Å². The lowest BCUT2D eigenvalue weighted by molar-refractivity contribution is 0.106. The molecule has 0 aromatic heterocycles. The summed E-state index contributed by atoms with van der Waals surface area (Å²) in [6.07, 6.45) is 15.5. The Morgan fingerprint density at radius 3 is 2.55 bits per heavy atom. The first-order valence-corrected chi connectivity index (χ1v) is 17.1. The van der Waals surface area contributed by atoms with Crippen LogP contribution in [0.1, 0.15) is 86.0 Å². The molecule has 3 aliphatic carbocycles. The Morgan fingerprint density at radius 2 is 1.90 bits per heavy atom. The second-order valence-electron chi connectivity index (χ2n) is 12.5. The van der Waals surface area contributed by atoms with E-state index < -0.39 is 8.32 Å². The summed E-state index contributed by atoms with van der Waals surface area (Å²) in [4.78, 5) is 0. The van der Waals surface area contributed by atoms with Crippen LogP contribution in [0.5, 0.6) is 0 Å². The number of allylic oxidation sites excluding steroid dienone is 4. The van der Waals surface area contributed by atoms with Gasteiger partial charge in [0, 0.05) is 10.5 Å². The fourth-order valence-electron chi connectivity index (χ4n) is 6.40. The van der Waals surface area contributed by atoms with Crippen molar-refractivity contribution in [2.24, 2.45) is 23.2 Å². The zero-order valence-corrected chi connectivity index (χ0v) is 24.5. The van der Waals surface area contributed by atoms with Gasteiger partial charge in [-0.15, -0.1) is 0 Å². The van der Waals surface area contributed by atoms with Crippen molar-refractivity contribution >= 4 is 30.9 Å². The molecule has 3 rings (SSSR count). The van der Waals surface area contributed by atoms with Crippen molar-refractivity contribution in [2.75, 3.05) is 4.43 Å². The highest BCUT2D eigenvalue weighted by atomic mass is 127. The lowest BCUT2D eigenvalue weighted by Gasteiger charge is -2.44. The van der Waals surface area contributed by atoms with Crippen molar-refractivity contribution in [1.82, 2.24) is 0 Å². The minimum atomic E-state index is -1.72. The molecule has 0 saturated heterocycles. The van der Waals surface area contributed by atoms with E-state index in [0.717, 1.165) is 37.0 Å². The highest BCUT2D eigenvalue weighted by Gasteiger charge is 2.50. The van der Waals surface area contributed by atoms with Crippen molar-refractivity contribution in [3.63, 3.8) is 0 Å². The van der Waals surface area contributed by atoms with Gasteiger partial charge in [-0.05, 0) is 98.2 Å². The zero-order valence-electron chi connectivity index (χ0n) is 21.3. The van der Waals surface area contributed by atoms with Gasteiger partial charge in [-0.2, -0.15) is 0 Å². The van der Waals surface area contributed by atoms with Crippen LogP contribution >= 0.6 is 22.6 Å². The van der Waals surface area contributed by atoms with Crippen molar-refractivity contribution in [1.29, 1.82) is 0 Å². The van der Waals surface area contributed by atoms with Gasteiger partial charge < -0.3 is 4.43 Å². The zero-order chi connectivity index (χ0) is 23.0. The summed E-state index contributed by atoms with van der Waals surface area (Å²) >= 11 is 2.60. The third kappa shape index (κ3) is 5.45. The van der Waals surface area contributed by atoms with Crippen LogP contribution in [0.2, 0.25) is 18.1 Å². The Kier molecular flexibility index (Phi) is 8.12. The molecule has 0 bridgehead atoms. The average Bonchev–Trinajstić information content (AvgIpc) is 3.04. The van der Waals surface area contributed by atoms with Gasteiger partial charge in [0.2, 0.25) is 0 Å². The minimum Gasteiger partial charge on any atom is -0.414 e. The van der Waals surface area contributed by atoms with E-state index >= 15 is 0 Å². The van der Waals surface area contributed by atoms with E-state index in [1.165, 1.54) is 47.7 Å². The SMILES string of the molecule is C=C1CCC(O[Si](C)(C)C(C)(C)C)CC1=CC=C1CCCC2(C)C1CCC2C(C)CI. The van der Waals surface area contributed by atoms with Crippen LogP contribution < -0.4 is 0 Å². The highest BCUT2D eigenvalue weighted by Crippen LogP contribution is 2.59. The third-order valence-electron chi connectivity index (χ3n) is 9.40. The Morgan fingerprint density at radius 1 is 1.19 bits per heavy atom. The largest absolute Gasteiger partial charge is 0.414 e. The molecule has 0 radical (unpaired) electrons. The second-order valence-corrected chi connectivity index (χ2v) is 18.1. The number of alkyl halides is 1. The minimum absolute atomic E-state index is 0.272. The molecule has 0 N–H and O–H groups in total. The van der Waals surface area contributed by atoms with E-state index in [2.05, 4.69) is 89.0 Å². The standard InChI is InChI=1S/C28H47IOSi/c1-20-11-14-24(30-31(7,8)27(3,4)5)18-23(20)13-12-22-10-9-17-28(6)25(21(2)19-29)15-16-26(22)28/h12-13,21,24-26H,1,9-11,14-19H2,2-8H3. The molecule has 5 unspecified atom stereocenters. The predicted octanol–water partition coefficient (Wildman–Crippen LogP) is 9.26. The predicted molar refractivity (Wildman–Crippen MR) is 147 cm³/mol. The molecule has 31 heavy (non-hydrogen) atoms. The molecule has 3 aliphatic rings. The molecule has 0 amide bonds. The number of fused-ring (bicyclic) bond motifs is 1. The first-order chi connectivity index (χ1) is 14.4. The van der Waals surface area contributed by atoms with E-state index in [9.17, 15) is 0 Å². The van der Waals surface area contributed by atoms with E-state index in [1.807, 2.05) is 0 Å². The van der Waals surface area contributed by atoms with Crippen molar-refractivity contribution in [3.8, 4) is 0 Å². The molecule has 0 aromatic rings. The van der Waals surface area contributed by atoms with Gasteiger partial charge in [-0.25, -0.2) is 0 Å². The summed E-state index contributed by atoms with van der Waals surface area (Å²) in [5.41, 5.74) is 5.04. The Labute approximate surface area is 207 Å². The summed E-state index contributed by atoms with van der Waals surface area (Å²) in [5.74, 6) is 2.54. The fraction of sp³-hybridized carbons (Fsp3) is 0.786. The first-order valence-electron chi connectivity index (χ1n) is 12.7. The van der Waals surface area contributed by atoms with Gasteiger partial charge in [0.25, 0.3) is 0 Å². The van der Waals surface area contributed by atoms with Crippen LogP contribution in [0.25, 0.3) is 0 Å². The Balaban J connectivity index is 1.75. The van der Waals surface area contributed by atoms with Gasteiger partial charge in [0.05, 0.1) is 0 Å². The van der Waals surface area contributed by atoms with Gasteiger partial charge in [0.15, 0.2) is 8.32 Å². The second kappa shape index (κ2) is 9.78. The molecule has 0 aromatic carbocycles. The Bertz CT molecular complexity index is 728. The van der Waals surface area contributed by atoms with E-state index in [4.69, 9.17) is 4.43 Å². The highest BCUT2D eigenvalue weighted by molar-refractivity contribution is 14.1. The summed E-state index contributed by atoms with van der Waals surface area (Å²) in [6.45, 7) is 21.3. The number of hydrogen-bond acceptors (Lipinski definition) is 1. The number of halogens is 1. The number of hydrogen-bond donors (Lipinski definition) is 0. The van der Waals surface area contributed by atoms with Crippen molar-refractivity contribution in [2.45, 2.75) is 110 Å². The van der Waals surface area contributed by atoms with Crippen LogP contribution in [0.3, 0.4) is 0 Å². The van der Waals surface area contributed by atoms with E-state index in [-0.39, 0.29) is 5.04 Å². The maximum atomic E-state index is 6.79. The summed E-state index contributed by atoms with van der Waals surface area (Å²) < 4.78 is 8.08. The molecule has 176 valence electrons. The monoisotopic (exact) mass is 554 g/mol. The molecule has 0 aliphatic heterocycles. The molecule has 0 spiro atoms. The number of rotatable bonds is 5. The van der Waals surface area contributed by atoms with Gasteiger partial charge in [-0.3, -0.25) is 0 Å². The summed E-state index contributed by atoms with van der Waals surface area (Å²) in [6, 6.07) is 0. The normalized spacial score (nSPS) is 36.1. The lowest BCUT2D eigenvalue weighted by Crippen LogP contribution is -2.44. The smallest absolute Gasteiger partial charge is 0.192 e. The fourth-order valence-corrected chi connectivity index (χ4v) is 8.40. The van der Waals surface area contributed by atoms with Crippen molar-refractivity contribution < 1.29 is 4.43 Å². The summed E-state index contributed by atoms with van der Waals surface area (Å²) in [7, 11) is -1.72. The van der Waals surface area contributed by atoms with Crippen LogP contribution in [-0.4, -0.2) is 18.8 Å². The third-order valence-corrected chi connectivity index (χ3v) is 15.3. The first kappa shape index (κ1) is 25.7. The maximum Gasteiger partial charge on any atom is 0.192 e. The van der Waals surface area contributed by atoms with Gasteiger partial charge in [0.1, 0.15) is 0 Å². The molecular formula is C28H47IOSi. The molecular weight excluding hydrogens is 507 g/mol. The van der Waals surface area contributed by atoms with E-state index in [1.54, 1.807) is 5.57 Å². The molecule has 5 atom stereocenters. The lowest BCUT2D eigenvalue weighted by atomic mass is 9.61. The van der Waals surface area contributed by atoms with Gasteiger partial charge in [-0.1, -0.05) is 87.1 Å². The van der Waals surface area contributed by atoms with Gasteiger partial charge >= 0.3 is 0 Å². The topological polar surface area (TPSA) is 9.23 Å². The molecule has 3 fully saturated rings. The Hall–Kier alpha value is 0.127. The maximum absolute atomic E-state index is 6.79. The van der Waals surface area contributed by atoms with E-state index in [0.29, 0.717) is 11.5 Å². The van der Waals surface area contributed by atoms with Crippen LogP contribution in [-0.2, 0) is 4.43 Å². The summed E-state index contributed by atoms with van der Waals surface area (Å²) in [5, 5.41) is 0.272. The molecule has 0 heterocycles. The molecule has 3 heteroatoms. The quantitative estimate of drug-likeness (QED) is 0.187. The average molecular weight is 555 g/mol. The van der Waals surface area contributed by atoms with Crippen molar-refractivity contribution in [3.05, 3.63) is 35.5 Å². The van der Waals surface area contributed by atoms with Crippen LogP contribution in [0, 0.1) is 23.2 Å². The van der Waals surface area contributed by atoms with Crippen LogP contribution in [0.15, 0.2) is 35.5 Å². The molecule has 3 saturated carbocycles.